The van der Waals surface area contributed by atoms with Gasteiger partial charge in [0.05, 0.1) is 0 Å². The third-order valence-corrected chi connectivity index (χ3v) is 2.29. The van der Waals surface area contributed by atoms with Gasteiger partial charge in [-0.3, -0.25) is 9.97 Å². The van der Waals surface area contributed by atoms with Gasteiger partial charge in [-0.2, -0.15) is 0 Å². The van der Waals surface area contributed by atoms with Crippen LogP contribution in [0.3, 0.4) is 0 Å². The molecular weight excluding hydrogens is 214 g/mol. The summed E-state index contributed by atoms with van der Waals surface area (Å²) < 4.78 is 0. The first kappa shape index (κ1) is 9.65. The minimum absolute atomic E-state index is 0.581. The van der Waals surface area contributed by atoms with E-state index in [4.69, 9.17) is 0 Å². The lowest BCUT2D eigenvalue weighted by molar-refractivity contribution is 1.09. The van der Waals surface area contributed by atoms with Crippen molar-refractivity contribution in [1.82, 2.24) is 25.1 Å². The van der Waals surface area contributed by atoms with Crippen molar-refractivity contribution in [2.24, 2.45) is 0 Å². The summed E-state index contributed by atoms with van der Waals surface area (Å²) in [5.74, 6) is 1.16. The Hall–Kier alpha value is -2.56. The lowest BCUT2D eigenvalue weighted by Gasteiger charge is -2.00. The molecule has 0 aliphatic carbocycles. The second-order valence-electron chi connectivity index (χ2n) is 3.44. The fourth-order valence-electron chi connectivity index (χ4n) is 1.47. The zero-order valence-electron chi connectivity index (χ0n) is 8.85. The molecule has 0 amide bonds. The van der Waals surface area contributed by atoms with Crippen LogP contribution in [0, 0.1) is 0 Å². The minimum Gasteiger partial charge on any atom is -0.357 e. The van der Waals surface area contributed by atoms with Crippen molar-refractivity contribution in [2.45, 2.75) is 0 Å². The summed E-state index contributed by atoms with van der Waals surface area (Å²) >= 11 is 0. The third-order valence-electron chi connectivity index (χ3n) is 2.29. The van der Waals surface area contributed by atoms with Crippen LogP contribution in [0.2, 0.25) is 0 Å². The summed E-state index contributed by atoms with van der Waals surface area (Å²) in [6.07, 6.45) is 6.85. The molecule has 0 unspecified atom stereocenters. The fraction of sp³-hybridized carbons (Fsp3) is 0. The monoisotopic (exact) mass is 222 g/mol. The first-order chi connectivity index (χ1) is 8.43. The van der Waals surface area contributed by atoms with Crippen LogP contribution in [0.1, 0.15) is 0 Å². The van der Waals surface area contributed by atoms with Gasteiger partial charge in [0.2, 0.25) is 0 Å². The third kappa shape index (κ3) is 1.90. The van der Waals surface area contributed by atoms with Crippen molar-refractivity contribution in [3.8, 4) is 22.8 Å². The van der Waals surface area contributed by atoms with Crippen LogP contribution in [0.25, 0.3) is 22.8 Å². The highest BCUT2D eigenvalue weighted by molar-refractivity contribution is 5.59. The van der Waals surface area contributed by atoms with E-state index in [1.807, 2.05) is 24.3 Å². The van der Waals surface area contributed by atoms with Gasteiger partial charge in [0.15, 0.2) is 0 Å². The summed E-state index contributed by atoms with van der Waals surface area (Å²) in [5.41, 5.74) is 1.71. The van der Waals surface area contributed by atoms with E-state index in [1.54, 1.807) is 24.8 Å². The summed E-state index contributed by atoms with van der Waals surface area (Å²) in [6, 6.07) is 7.49. The highest BCUT2D eigenvalue weighted by Gasteiger charge is 1.98. The molecule has 0 saturated carbocycles. The molecule has 0 bridgehead atoms. The van der Waals surface area contributed by atoms with Gasteiger partial charge < -0.3 is 15.2 Å². The topological polar surface area (TPSA) is 65.7 Å². The Kier molecular flexibility index (Phi) is 2.34. The molecule has 3 heterocycles. The summed E-state index contributed by atoms with van der Waals surface area (Å²) in [7, 11) is 0. The normalized spacial score (nSPS) is 10.4. The number of aromatic nitrogens is 5. The van der Waals surface area contributed by atoms with E-state index in [0.29, 0.717) is 11.6 Å². The Balaban J connectivity index is 1.99. The van der Waals surface area contributed by atoms with E-state index in [0.717, 1.165) is 11.1 Å². The number of nitrogens with zero attached hydrogens (tertiary/aromatic N) is 5. The highest BCUT2D eigenvalue weighted by atomic mass is 15.2. The van der Waals surface area contributed by atoms with E-state index in [1.165, 1.54) is 0 Å². The molecule has 0 aliphatic heterocycles. The Morgan fingerprint density at radius 1 is 0.765 bits per heavy atom. The van der Waals surface area contributed by atoms with Gasteiger partial charge >= 0.3 is 0 Å². The molecule has 0 radical (unpaired) electrons. The average molecular weight is 222 g/mol. The smallest absolute Gasteiger partial charge is 0.0350 e. The lowest BCUT2D eigenvalue weighted by Crippen LogP contribution is -1.85. The molecule has 5 nitrogen and oxygen atoms in total. The second-order valence-corrected chi connectivity index (χ2v) is 3.44. The number of hydrogen-bond donors (Lipinski definition) is 0. The van der Waals surface area contributed by atoms with E-state index in [2.05, 4.69) is 25.1 Å². The van der Waals surface area contributed by atoms with Gasteiger partial charge in [-0.1, -0.05) is 12.1 Å². The molecule has 0 saturated heterocycles. The number of rotatable bonds is 2. The predicted octanol–water partition coefficient (Wildman–Crippen LogP) is 1.56. The van der Waals surface area contributed by atoms with Gasteiger partial charge in [-0.15, -0.1) is 0 Å². The van der Waals surface area contributed by atoms with Crippen LogP contribution >= 0.6 is 0 Å². The standard InChI is InChI=1S/C12H8N5/c1-3-9(7-13-5-1)11-15-12(17-16-11)10-4-2-6-14-8-10/h1-8H/q-1. The van der Waals surface area contributed by atoms with Crippen LogP contribution in [0.15, 0.2) is 49.1 Å². The van der Waals surface area contributed by atoms with Crippen molar-refractivity contribution in [1.29, 1.82) is 0 Å². The van der Waals surface area contributed by atoms with Crippen LogP contribution < -0.4 is 4.98 Å². The minimum atomic E-state index is 0.581. The average Bonchev–Trinajstić information content (AvgIpc) is 2.90. The maximum atomic E-state index is 4.35. The molecule has 3 aromatic heterocycles. The maximum Gasteiger partial charge on any atom is 0.0350 e. The van der Waals surface area contributed by atoms with Crippen molar-refractivity contribution >= 4 is 0 Å². The van der Waals surface area contributed by atoms with Gasteiger partial charge in [0, 0.05) is 47.6 Å². The largest absolute Gasteiger partial charge is 0.357 e. The zero-order valence-corrected chi connectivity index (χ0v) is 8.85. The Morgan fingerprint density at radius 3 is 1.71 bits per heavy atom. The maximum absolute atomic E-state index is 4.35. The molecule has 0 fully saturated rings. The van der Waals surface area contributed by atoms with Crippen molar-refractivity contribution < 1.29 is 0 Å². The number of pyridine rings is 2. The molecule has 3 aromatic rings. The molecule has 0 spiro atoms. The summed E-state index contributed by atoms with van der Waals surface area (Å²) in [5, 5.41) is 8.07. The van der Waals surface area contributed by atoms with Crippen LogP contribution in [0.5, 0.6) is 0 Å². The molecular formula is C12H8N5-. The van der Waals surface area contributed by atoms with E-state index >= 15 is 0 Å². The van der Waals surface area contributed by atoms with Gasteiger partial charge in [-0.05, 0) is 12.1 Å². The number of hydrogen-bond acceptors (Lipinski definition) is 4. The molecule has 0 atom stereocenters. The molecule has 17 heavy (non-hydrogen) atoms. The first-order valence-corrected chi connectivity index (χ1v) is 5.12. The van der Waals surface area contributed by atoms with Crippen LogP contribution in [-0.4, -0.2) is 20.2 Å². The van der Waals surface area contributed by atoms with Gasteiger partial charge in [-0.25, -0.2) is 0 Å². The van der Waals surface area contributed by atoms with E-state index in [9.17, 15) is 0 Å². The second kappa shape index (κ2) is 4.13. The molecule has 0 aromatic carbocycles. The molecule has 5 heteroatoms. The van der Waals surface area contributed by atoms with Crippen LogP contribution in [0.4, 0.5) is 0 Å². The zero-order chi connectivity index (χ0) is 11.5. The van der Waals surface area contributed by atoms with Crippen molar-refractivity contribution in [3.05, 3.63) is 49.1 Å². The molecule has 0 N–H and O–H groups in total. The fourth-order valence-corrected chi connectivity index (χ4v) is 1.47. The first-order valence-electron chi connectivity index (χ1n) is 5.12. The Labute approximate surface area is 97.6 Å². The van der Waals surface area contributed by atoms with Gasteiger partial charge in [0.1, 0.15) is 0 Å². The highest BCUT2D eigenvalue weighted by Crippen LogP contribution is 2.16. The molecule has 82 valence electrons. The SMILES string of the molecule is c1cncc(-c2nnc(-c3cccnc3)[n-]2)c1. The van der Waals surface area contributed by atoms with Crippen molar-refractivity contribution in [3.63, 3.8) is 0 Å². The van der Waals surface area contributed by atoms with Gasteiger partial charge in [0.25, 0.3) is 0 Å². The molecule has 0 aliphatic rings. The molecule has 3 rings (SSSR count). The summed E-state index contributed by atoms with van der Waals surface area (Å²) in [4.78, 5) is 12.4. The van der Waals surface area contributed by atoms with E-state index < -0.39 is 0 Å². The Bertz CT molecular complexity index is 549. The van der Waals surface area contributed by atoms with Crippen molar-refractivity contribution in [2.75, 3.05) is 0 Å². The van der Waals surface area contributed by atoms with Crippen LogP contribution in [-0.2, 0) is 0 Å². The summed E-state index contributed by atoms with van der Waals surface area (Å²) in [6.45, 7) is 0. The lowest BCUT2D eigenvalue weighted by atomic mass is 10.2. The van der Waals surface area contributed by atoms with E-state index in [-0.39, 0.29) is 0 Å². The predicted molar refractivity (Wildman–Crippen MR) is 61.8 cm³/mol. The quantitative estimate of drug-likeness (QED) is 0.658. The Morgan fingerprint density at radius 2 is 1.29 bits per heavy atom.